The Morgan fingerprint density at radius 3 is 2.33 bits per heavy atom. The second-order valence-electron chi connectivity index (χ2n) is 7.67. The van der Waals surface area contributed by atoms with E-state index in [1.807, 2.05) is 23.1 Å². The number of hydrogen-bond donors (Lipinski definition) is 2. The zero-order chi connectivity index (χ0) is 16.7. The summed E-state index contributed by atoms with van der Waals surface area (Å²) in [6, 6.07) is 10.6. The summed E-state index contributed by atoms with van der Waals surface area (Å²) < 4.78 is 0. The molecule has 3 fully saturated rings. The van der Waals surface area contributed by atoms with Gasteiger partial charge in [0, 0.05) is 44.1 Å². The molecule has 24 heavy (non-hydrogen) atoms. The molecule has 1 aromatic carbocycles. The number of likely N-dealkylation sites (tertiary alicyclic amines) is 2. The van der Waals surface area contributed by atoms with E-state index < -0.39 is 0 Å². The molecule has 0 spiro atoms. The monoisotopic (exact) mass is 330 g/mol. The summed E-state index contributed by atoms with van der Waals surface area (Å²) in [4.78, 5) is 16.7. The molecule has 2 heterocycles. The van der Waals surface area contributed by atoms with Gasteiger partial charge < -0.3 is 15.1 Å². The summed E-state index contributed by atoms with van der Waals surface area (Å²) in [5, 5.41) is 19.1. The van der Waals surface area contributed by atoms with Crippen LogP contribution >= 0.6 is 0 Å². The number of carbonyl (C=O) groups is 1. The second-order valence-corrected chi connectivity index (χ2v) is 7.67. The Balaban J connectivity index is 1.37. The van der Waals surface area contributed by atoms with Gasteiger partial charge in [0.05, 0.1) is 13.2 Å². The molecule has 2 N–H and O–H groups in total. The minimum atomic E-state index is -0.231. The first-order valence-corrected chi connectivity index (χ1v) is 8.95. The lowest BCUT2D eigenvalue weighted by Crippen LogP contribution is -2.50. The van der Waals surface area contributed by atoms with E-state index in [1.54, 1.807) is 0 Å². The van der Waals surface area contributed by atoms with Crippen molar-refractivity contribution in [3.63, 3.8) is 0 Å². The highest BCUT2D eigenvalue weighted by Gasteiger charge is 2.67. The third-order valence-electron chi connectivity index (χ3n) is 6.51. The van der Waals surface area contributed by atoms with Crippen LogP contribution in [-0.2, 0) is 11.3 Å². The molecule has 0 bridgehead atoms. The lowest BCUT2D eigenvalue weighted by molar-refractivity contribution is -0.136. The topological polar surface area (TPSA) is 64.0 Å². The van der Waals surface area contributed by atoms with E-state index in [0.717, 1.165) is 26.1 Å². The van der Waals surface area contributed by atoms with Gasteiger partial charge in [-0.3, -0.25) is 9.69 Å². The van der Waals surface area contributed by atoms with Crippen LogP contribution in [0.1, 0.15) is 18.4 Å². The van der Waals surface area contributed by atoms with Gasteiger partial charge in [-0.2, -0.15) is 0 Å². The minimum absolute atomic E-state index is 0.0932. The summed E-state index contributed by atoms with van der Waals surface area (Å²) in [5.74, 6) is 1.10. The molecule has 1 aliphatic carbocycles. The Labute approximate surface area is 142 Å². The number of nitrogens with zero attached hydrogens (tertiary/aromatic N) is 2. The van der Waals surface area contributed by atoms with Crippen molar-refractivity contribution in [2.45, 2.75) is 25.4 Å². The molecule has 3 atom stereocenters. The molecule has 3 aliphatic rings. The van der Waals surface area contributed by atoms with Crippen LogP contribution in [0.2, 0.25) is 0 Å². The zero-order valence-electron chi connectivity index (χ0n) is 14.0. The number of benzene rings is 1. The summed E-state index contributed by atoms with van der Waals surface area (Å²) in [5.41, 5.74) is 0.945. The molecular formula is C19H26N2O3. The first-order chi connectivity index (χ1) is 11.7. The third kappa shape index (κ3) is 2.55. The molecule has 3 unspecified atom stereocenters. The number of aliphatic hydroxyl groups is 2. The molecule has 0 radical (unpaired) electrons. The quantitative estimate of drug-likeness (QED) is 0.835. The molecule has 2 saturated heterocycles. The van der Waals surface area contributed by atoms with E-state index in [0.29, 0.717) is 30.8 Å². The van der Waals surface area contributed by atoms with Gasteiger partial charge in [0.15, 0.2) is 0 Å². The van der Waals surface area contributed by atoms with Gasteiger partial charge in [-0.15, -0.1) is 0 Å². The number of amides is 1. The highest BCUT2D eigenvalue weighted by molar-refractivity contribution is 5.77. The maximum atomic E-state index is 12.3. The summed E-state index contributed by atoms with van der Waals surface area (Å²) in [7, 11) is 0. The van der Waals surface area contributed by atoms with E-state index >= 15 is 0 Å². The van der Waals surface area contributed by atoms with Crippen molar-refractivity contribution in [3.8, 4) is 0 Å². The fourth-order valence-corrected chi connectivity index (χ4v) is 4.84. The Morgan fingerprint density at radius 2 is 1.71 bits per heavy atom. The fourth-order valence-electron chi connectivity index (χ4n) is 4.84. The SMILES string of the molecule is O=C1CCC(N2CC3C(C2)C3(CO)CO)CN1Cc1ccccc1. The molecule has 1 amide bonds. The smallest absolute Gasteiger partial charge is 0.222 e. The third-order valence-corrected chi connectivity index (χ3v) is 6.51. The van der Waals surface area contributed by atoms with Gasteiger partial charge in [-0.25, -0.2) is 0 Å². The van der Waals surface area contributed by atoms with Crippen molar-refractivity contribution in [2.24, 2.45) is 17.3 Å². The predicted molar refractivity (Wildman–Crippen MR) is 90.0 cm³/mol. The Morgan fingerprint density at radius 1 is 1.04 bits per heavy atom. The van der Waals surface area contributed by atoms with Crippen LogP contribution in [-0.4, -0.2) is 64.8 Å². The Kier molecular flexibility index (Phi) is 4.11. The largest absolute Gasteiger partial charge is 0.396 e. The summed E-state index contributed by atoms with van der Waals surface area (Å²) in [6.07, 6.45) is 1.54. The maximum absolute atomic E-state index is 12.3. The van der Waals surface area contributed by atoms with E-state index in [1.165, 1.54) is 5.56 Å². The number of piperidine rings is 2. The normalized spacial score (nSPS) is 32.0. The predicted octanol–water partition coefficient (Wildman–Crippen LogP) is 0.710. The number of rotatable bonds is 5. The lowest BCUT2D eigenvalue weighted by Gasteiger charge is -2.39. The highest BCUT2D eigenvalue weighted by atomic mass is 16.3. The average Bonchev–Trinajstić information content (AvgIpc) is 2.97. The number of aliphatic hydroxyl groups excluding tert-OH is 2. The Bertz CT molecular complexity index is 588. The number of carbonyl (C=O) groups excluding carboxylic acids is 1. The molecule has 2 aliphatic heterocycles. The minimum Gasteiger partial charge on any atom is -0.396 e. The van der Waals surface area contributed by atoms with Crippen LogP contribution < -0.4 is 0 Å². The molecule has 1 aromatic rings. The molecule has 5 nitrogen and oxygen atoms in total. The fraction of sp³-hybridized carbons (Fsp3) is 0.632. The molecular weight excluding hydrogens is 304 g/mol. The van der Waals surface area contributed by atoms with Crippen molar-refractivity contribution < 1.29 is 15.0 Å². The van der Waals surface area contributed by atoms with Gasteiger partial charge in [0.1, 0.15) is 0 Å². The van der Waals surface area contributed by atoms with Crippen LogP contribution in [0, 0.1) is 17.3 Å². The molecule has 130 valence electrons. The van der Waals surface area contributed by atoms with Gasteiger partial charge in [-0.1, -0.05) is 30.3 Å². The standard InChI is InChI=1S/C19H26N2O3/c22-12-19(13-23)16-10-20(11-17(16)19)15-6-7-18(24)21(9-15)8-14-4-2-1-3-5-14/h1-5,15-17,22-23H,6-13H2. The van der Waals surface area contributed by atoms with Crippen LogP contribution in [0.15, 0.2) is 30.3 Å². The van der Waals surface area contributed by atoms with Gasteiger partial charge in [0.25, 0.3) is 0 Å². The van der Waals surface area contributed by atoms with Gasteiger partial charge >= 0.3 is 0 Å². The van der Waals surface area contributed by atoms with E-state index in [2.05, 4.69) is 17.0 Å². The first kappa shape index (κ1) is 16.1. The Hall–Kier alpha value is -1.43. The van der Waals surface area contributed by atoms with E-state index in [9.17, 15) is 15.0 Å². The van der Waals surface area contributed by atoms with Crippen LogP contribution in [0.3, 0.4) is 0 Å². The van der Waals surface area contributed by atoms with E-state index in [-0.39, 0.29) is 24.5 Å². The van der Waals surface area contributed by atoms with Crippen LogP contribution in [0.4, 0.5) is 0 Å². The summed E-state index contributed by atoms with van der Waals surface area (Å²) in [6.45, 7) is 3.56. The number of fused-ring (bicyclic) bond motifs is 1. The zero-order valence-corrected chi connectivity index (χ0v) is 14.0. The molecule has 0 aromatic heterocycles. The van der Waals surface area contributed by atoms with Gasteiger partial charge in [0.2, 0.25) is 5.91 Å². The van der Waals surface area contributed by atoms with Crippen LogP contribution in [0.25, 0.3) is 0 Å². The molecule has 5 heteroatoms. The lowest BCUT2D eigenvalue weighted by atomic mass is 9.98. The average molecular weight is 330 g/mol. The van der Waals surface area contributed by atoms with Crippen LogP contribution in [0.5, 0.6) is 0 Å². The van der Waals surface area contributed by atoms with Crippen molar-refractivity contribution in [2.75, 3.05) is 32.8 Å². The maximum Gasteiger partial charge on any atom is 0.222 e. The summed E-state index contributed by atoms with van der Waals surface area (Å²) >= 11 is 0. The van der Waals surface area contributed by atoms with Crippen molar-refractivity contribution in [1.29, 1.82) is 0 Å². The molecule has 1 saturated carbocycles. The van der Waals surface area contributed by atoms with E-state index in [4.69, 9.17) is 0 Å². The van der Waals surface area contributed by atoms with Gasteiger partial charge in [-0.05, 0) is 23.8 Å². The first-order valence-electron chi connectivity index (χ1n) is 8.95. The highest BCUT2D eigenvalue weighted by Crippen LogP contribution is 2.62. The molecule has 4 rings (SSSR count). The number of hydrogen-bond acceptors (Lipinski definition) is 4. The van der Waals surface area contributed by atoms with Crippen molar-refractivity contribution in [1.82, 2.24) is 9.80 Å². The van der Waals surface area contributed by atoms with Crippen molar-refractivity contribution in [3.05, 3.63) is 35.9 Å². The van der Waals surface area contributed by atoms with Crippen molar-refractivity contribution >= 4 is 5.91 Å². The second kappa shape index (κ2) is 6.14.